The predicted octanol–water partition coefficient (Wildman–Crippen LogP) is 0.309. The zero-order chi connectivity index (χ0) is 14.5. The van der Waals surface area contributed by atoms with Crippen LogP contribution in [0.5, 0.6) is 0 Å². The van der Waals surface area contributed by atoms with E-state index in [1.165, 1.54) is 21.3 Å². The standard InChI is InChI=1S/C14H18O6/c1-17-13(16)8-6-9-11-7(4-5-20-11)10(8)14(18-2,19-3)12(9)15/h6-7,9-11H,4-5H2,1-3H3. The summed E-state index contributed by atoms with van der Waals surface area (Å²) in [5.74, 6) is -2.97. The van der Waals surface area contributed by atoms with Gasteiger partial charge in [-0.3, -0.25) is 4.79 Å². The van der Waals surface area contributed by atoms with E-state index in [0.29, 0.717) is 12.2 Å². The molecule has 3 aliphatic carbocycles. The Morgan fingerprint density at radius 2 is 2.05 bits per heavy atom. The molecule has 0 N–H and O–H groups in total. The molecule has 110 valence electrons. The van der Waals surface area contributed by atoms with Gasteiger partial charge in [0.2, 0.25) is 11.6 Å². The van der Waals surface area contributed by atoms with Gasteiger partial charge >= 0.3 is 5.97 Å². The van der Waals surface area contributed by atoms with E-state index in [0.717, 1.165) is 6.42 Å². The lowest BCUT2D eigenvalue weighted by Gasteiger charge is -2.51. The van der Waals surface area contributed by atoms with Crippen LogP contribution in [0.2, 0.25) is 0 Å². The smallest absolute Gasteiger partial charge is 0.333 e. The van der Waals surface area contributed by atoms with Gasteiger partial charge < -0.3 is 18.9 Å². The molecule has 4 unspecified atom stereocenters. The van der Waals surface area contributed by atoms with Crippen molar-refractivity contribution in [2.45, 2.75) is 18.3 Å². The average Bonchev–Trinajstić information content (AvgIpc) is 2.97. The Balaban J connectivity index is 2.13. The van der Waals surface area contributed by atoms with Crippen LogP contribution in [-0.2, 0) is 28.5 Å². The largest absolute Gasteiger partial charge is 0.466 e. The summed E-state index contributed by atoms with van der Waals surface area (Å²) in [4.78, 5) is 24.7. The first-order valence-corrected chi connectivity index (χ1v) is 6.67. The molecule has 0 amide bonds. The minimum absolute atomic E-state index is 0.0386. The number of ether oxygens (including phenoxy) is 4. The third kappa shape index (κ3) is 1.50. The Kier molecular flexibility index (Phi) is 3.19. The molecule has 1 saturated heterocycles. The van der Waals surface area contributed by atoms with Crippen molar-refractivity contribution in [3.05, 3.63) is 11.6 Å². The highest BCUT2D eigenvalue weighted by Gasteiger charge is 2.66. The number of rotatable bonds is 3. The van der Waals surface area contributed by atoms with Gasteiger partial charge in [-0.2, -0.15) is 0 Å². The molecule has 1 heterocycles. The van der Waals surface area contributed by atoms with Gasteiger partial charge in [0.25, 0.3) is 0 Å². The maximum atomic E-state index is 12.6. The van der Waals surface area contributed by atoms with Crippen LogP contribution in [0.1, 0.15) is 6.42 Å². The second-order valence-corrected chi connectivity index (χ2v) is 5.34. The number of hydrogen-bond donors (Lipinski definition) is 0. The molecule has 2 bridgehead atoms. The van der Waals surface area contributed by atoms with Gasteiger partial charge in [0.1, 0.15) is 0 Å². The Morgan fingerprint density at radius 3 is 2.65 bits per heavy atom. The minimum atomic E-state index is -1.40. The lowest BCUT2D eigenvalue weighted by atomic mass is 9.59. The SMILES string of the molecule is COC(=O)C1=CC2C(=O)C(OC)(OC)C1C1CCOC21. The van der Waals surface area contributed by atoms with Gasteiger partial charge in [-0.05, 0) is 6.42 Å². The number of methoxy groups -OCH3 is 3. The van der Waals surface area contributed by atoms with Gasteiger partial charge in [-0.15, -0.1) is 0 Å². The number of carbonyl (C=O) groups is 2. The van der Waals surface area contributed by atoms with Gasteiger partial charge in [-0.25, -0.2) is 4.79 Å². The van der Waals surface area contributed by atoms with Crippen LogP contribution in [0.3, 0.4) is 0 Å². The molecule has 4 rings (SSSR count). The number of esters is 1. The zero-order valence-corrected chi connectivity index (χ0v) is 11.8. The number of carbonyl (C=O) groups excluding carboxylic acids is 2. The highest BCUT2D eigenvalue weighted by atomic mass is 16.7. The maximum Gasteiger partial charge on any atom is 0.333 e. The Bertz CT molecular complexity index is 478. The van der Waals surface area contributed by atoms with Crippen LogP contribution in [0.15, 0.2) is 11.6 Å². The van der Waals surface area contributed by atoms with Crippen LogP contribution in [0, 0.1) is 17.8 Å². The Labute approximate surface area is 117 Å². The quantitative estimate of drug-likeness (QED) is 0.548. The number of fused-ring (bicyclic) bond motifs is 1. The number of Topliss-reactive ketones (excluding diaryl/α,β-unsaturated/α-hetero) is 1. The molecule has 6 nitrogen and oxygen atoms in total. The fourth-order valence-corrected chi connectivity index (χ4v) is 3.93. The molecule has 0 radical (unpaired) electrons. The van der Waals surface area contributed by atoms with E-state index in [2.05, 4.69) is 0 Å². The molecular weight excluding hydrogens is 264 g/mol. The van der Waals surface area contributed by atoms with E-state index in [1.54, 1.807) is 6.08 Å². The summed E-state index contributed by atoms with van der Waals surface area (Å²) in [6.07, 6.45) is 2.27. The fraction of sp³-hybridized carbons (Fsp3) is 0.714. The van der Waals surface area contributed by atoms with E-state index in [9.17, 15) is 9.59 Å². The molecule has 0 aromatic carbocycles. The lowest BCUT2D eigenvalue weighted by Crippen LogP contribution is -2.65. The summed E-state index contributed by atoms with van der Waals surface area (Å²) in [6, 6.07) is 0. The van der Waals surface area contributed by atoms with Gasteiger partial charge in [0.05, 0.1) is 25.0 Å². The lowest BCUT2D eigenvalue weighted by molar-refractivity contribution is -0.253. The van der Waals surface area contributed by atoms with Crippen molar-refractivity contribution in [3.63, 3.8) is 0 Å². The summed E-state index contributed by atoms with van der Waals surface area (Å²) in [5.41, 5.74) is 0.465. The van der Waals surface area contributed by atoms with E-state index in [1.807, 2.05) is 0 Å². The summed E-state index contributed by atoms with van der Waals surface area (Å²) >= 11 is 0. The Hall–Kier alpha value is -1.24. The van der Waals surface area contributed by atoms with Gasteiger partial charge in [-0.1, -0.05) is 6.08 Å². The molecule has 0 spiro atoms. The van der Waals surface area contributed by atoms with Crippen molar-refractivity contribution in [3.8, 4) is 0 Å². The van der Waals surface area contributed by atoms with Gasteiger partial charge in [0, 0.05) is 32.3 Å². The van der Waals surface area contributed by atoms with Crippen LogP contribution < -0.4 is 0 Å². The van der Waals surface area contributed by atoms with E-state index >= 15 is 0 Å². The molecule has 6 heteroatoms. The zero-order valence-electron chi connectivity index (χ0n) is 11.8. The molecule has 20 heavy (non-hydrogen) atoms. The molecule has 4 aliphatic rings. The van der Waals surface area contributed by atoms with Crippen LogP contribution >= 0.6 is 0 Å². The molecule has 4 atom stereocenters. The van der Waals surface area contributed by atoms with Crippen LogP contribution in [0.4, 0.5) is 0 Å². The topological polar surface area (TPSA) is 71.1 Å². The molecule has 0 aromatic rings. The van der Waals surface area contributed by atoms with Crippen molar-refractivity contribution in [2.24, 2.45) is 17.8 Å². The summed E-state index contributed by atoms with van der Waals surface area (Å²) in [5, 5.41) is 0. The molecule has 0 aromatic heterocycles. The molecule has 1 aliphatic heterocycles. The summed E-state index contributed by atoms with van der Waals surface area (Å²) < 4.78 is 21.4. The fourth-order valence-electron chi connectivity index (χ4n) is 3.93. The third-order valence-corrected chi connectivity index (χ3v) is 4.74. The highest BCUT2D eigenvalue weighted by Crippen LogP contribution is 2.54. The summed E-state index contributed by atoms with van der Waals surface area (Å²) in [7, 11) is 4.20. The van der Waals surface area contributed by atoms with E-state index < -0.39 is 23.6 Å². The first-order valence-electron chi connectivity index (χ1n) is 6.67. The van der Waals surface area contributed by atoms with Crippen molar-refractivity contribution in [1.29, 1.82) is 0 Å². The maximum absolute atomic E-state index is 12.6. The number of hydrogen-bond acceptors (Lipinski definition) is 6. The number of ketones is 1. The Morgan fingerprint density at radius 1 is 1.35 bits per heavy atom. The average molecular weight is 282 g/mol. The van der Waals surface area contributed by atoms with Gasteiger partial charge in [0.15, 0.2) is 0 Å². The van der Waals surface area contributed by atoms with Crippen molar-refractivity contribution < 1.29 is 28.5 Å². The molecule has 1 saturated carbocycles. The van der Waals surface area contributed by atoms with Crippen molar-refractivity contribution in [1.82, 2.24) is 0 Å². The van der Waals surface area contributed by atoms with Crippen LogP contribution in [0.25, 0.3) is 0 Å². The first-order chi connectivity index (χ1) is 9.60. The predicted molar refractivity (Wildman–Crippen MR) is 66.7 cm³/mol. The second-order valence-electron chi connectivity index (χ2n) is 5.34. The van der Waals surface area contributed by atoms with Crippen molar-refractivity contribution in [2.75, 3.05) is 27.9 Å². The van der Waals surface area contributed by atoms with Crippen molar-refractivity contribution >= 4 is 11.8 Å². The van der Waals surface area contributed by atoms with Crippen LogP contribution in [-0.4, -0.2) is 51.6 Å². The normalized spacial score (nSPS) is 37.5. The minimum Gasteiger partial charge on any atom is -0.466 e. The summed E-state index contributed by atoms with van der Waals surface area (Å²) in [6.45, 7) is 0.585. The third-order valence-electron chi connectivity index (χ3n) is 4.74. The monoisotopic (exact) mass is 282 g/mol. The first kappa shape index (κ1) is 13.7. The molecular formula is C14H18O6. The molecule has 2 fully saturated rings. The van der Waals surface area contributed by atoms with E-state index in [4.69, 9.17) is 18.9 Å². The second kappa shape index (κ2) is 4.65. The van der Waals surface area contributed by atoms with E-state index in [-0.39, 0.29) is 17.8 Å². The highest BCUT2D eigenvalue weighted by molar-refractivity contribution is 6.00.